The highest BCUT2D eigenvalue weighted by atomic mass is 35.5. The Morgan fingerprint density at radius 3 is 2.73 bits per heavy atom. The summed E-state index contributed by atoms with van der Waals surface area (Å²) in [5.74, 6) is 0. The average Bonchev–Trinajstić information content (AvgIpc) is 2.63. The number of nitrogens with one attached hydrogen (secondary N) is 1. The van der Waals surface area contributed by atoms with E-state index in [0.29, 0.717) is 16.9 Å². The number of rotatable bonds is 1. The van der Waals surface area contributed by atoms with Gasteiger partial charge in [-0.15, -0.1) is 0 Å². The topological polar surface area (TPSA) is 15.3 Å². The van der Waals surface area contributed by atoms with Gasteiger partial charge in [-0.2, -0.15) is 0 Å². The van der Waals surface area contributed by atoms with E-state index in [9.17, 15) is 0 Å². The molecule has 120 valence electrons. The molecule has 1 saturated carbocycles. The molecule has 22 heavy (non-hydrogen) atoms. The third kappa shape index (κ3) is 3.11. The average molecular weight is 337 g/mol. The molecule has 1 heterocycles. The Balaban J connectivity index is 1.74. The number of halogens is 1. The predicted octanol–water partition coefficient (Wildman–Crippen LogP) is 5.25. The lowest BCUT2D eigenvalue weighted by Crippen LogP contribution is -2.39. The summed E-state index contributed by atoms with van der Waals surface area (Å²) >= 11 is 11.9. The molecule has 0 aromatic heterocycles. The quantitative estimate of drug-likeness (QED) is 0.705. The summed E-state index contributed by atoms with van der Waals surface area (Å²) in [7, 11) is 0. The van der Waals surface area contributed by atoms with Crippen LogP contribution in [-0.2, 0) is 0 Å². The summed E-state index contributed by atoms with van der Waals surface area (Å²) < 4.78 is 0. The normalized spacial score (nSPS) is 29.5. The maximum Gasteiger partial charge on any atom is 0.173 e. The van der Waals surface area contributed by atoms with Crippen LogP contribution in [0.3, 0.4) is 0 Å². The fraction of sp³-hybridized carbons (Fsp3) is 0.611. The molecule has 1 N–H and O–H groups in total. The van der Waals surface area contributed by atoms with E-state index in [1.54, 1.807) is 0 Å². The van der Waals surface area contributed by atoms with Gasteiger partial charge in [-0.3, -0.25) is 0 Å². The van der Waals surface area contributed by atoms with Crippen LogP contribution < -0.4 is 5.32 Å². The lowest BCUT2D eigenvalue weighted by atomic mass is 9.65. The van der Waals surface area contributed by atoms with Crippen LogP contribution in [0.1, 0.15) is 45.6 Å². The van der Waals surface area contributed by atoms with Crippen molar-refractivity contribution >= 4 is 34.6 Å². The molecule has 0 spiro atoms. The van der Waals surface area contributed by atoms with E-state index in [0.717, 1.165) is 27.9 Å². The second-order valence-corrected chi connectivity index (χ2v) is 9.03. The van der Waals surface area contributed by atoms with Crippen LogP contribution in [0.15, 0.2) is 18.2 Å². The van der Waals surface area contributed by atoms with Gasteiger partial charge in [0.15, 0.2) is 5.11 Å². The molecule has 1 aromatic rings. The number of benzene rings is 1. The lowest BCUT2D eigenvalue weighted by Gasteiger charge is -2.39. The van der Waals surface area contributed by atoms with Crippen molar-refractivity contribution in [3.05, 3.63) is 28.8 Å². The molecular weight excluding hydrogens is 312 g/mol. The third-order valence-corrected chi connectivity index (χ3v) is 5.84. The zero-order valence-electron chi connectivity index (χ0n) is 13.9. The molecule has 2 nitrogen and oxygen atoms in total. The Bertz CT molecular complexity index is 613. The van der Waals surface area contributed by atoms with Gasteiger partial charge in [0.25, 0.3) is 0 Å². The van der Waals surface area contributed by atoms with Crippen molar-refractivity contribution in [2.75, 3.05) is 11.9 Å². The maximum absolute atomic E-state index is 6.21. The number of aryl methyl sites for hydroxylation is 1. The van der Waals surface area contributed by atoms with Crippen LogP contribution in [0.5, 0.6) is 0 Å². The molecule has 2 aliphatic rings. The molecule has 1 saturated heterocycles. The summed E-state index contributed by atoms with van der Waals surface area (Å²) in [6.07, 6.45) is 3.76. The number of fused-ring (bicyclic) bond motifs is 2. The van der Waals surface area contributed by atoms with E-state index in [4.69, 9.17) is 23.8 Å². The van der Waals surface area contributed by atoms with Crippen LogP contribution in [0.25, 0.3) is 0 Å². The van der Waals surface area contributed by atoms with Crippen molar-refractivity contribution in [2.24, 2.45) is 10.8 Å². The molecule has 0 amide bonds. The van der Waals surface area contributed by atoms with Gasteiger partial charge in [0, 0.05) is 23.3 Å². The predicted molar refractivity (Wildman–Crippen MR) is 98.6 cm³/mol. The number of hydrogen-bond donors (Lipinski definition) is 1. The highest BCUT2D eigenvalue weighted by Crippen LogP contribution is 2.52. The van der Waals surface area contributed by atoms with Crippen molar-refractivity contribution in [3.63, 3.8) is 0 Å². The zero-order valence-corrected chi connectivity index (χ0v) is 15.4. The van der Waals surface area contributed by atoms with Crippen LogP contribution in [0.4, 0.5) is 5.69 Å². The lowest BCUT2D eigenvalue weighted by molar-refractivity contribution is 0.132. The smallest absolute Gasteiger partial charge is 0.173 e. The minimum Gasteiger partial charge on any atom is -0.345 e. The van der Waals surface area contributed by atoms with Crippen molar-refractivity contribution in [2.45, 2.75) is 53.0 Å². The number of anilines is 1. The van der Waals surface area contributed by atoms with Gasteiger partial charge in [0.1, 0.15) is 0 Å². The summed E-state index contributed by atoms with van der Waals surface area (Å²) in [6, 6.07) is 6.59. The van der Waals surface area contributed by atoms with Crippen LogP contribution in [-0.4, -0.2) is 22.6 Å². The first kappa shape index (κ1) is 16.1. The Hall–Kier alpha value is -0.800. The Kier molecular flexibility index (Phi) is 3.93. The van der Waals surface area contributed by atoms with Crippen molar-refractivity contribution < 1.29 is 0 Å². The molecule has 0 radical (unpaired) electrons. The fourth-order valence-electron chi connectivity index (χ4n) is 4.56. The summed E-state index contributed by atoms with van der Waals surface area (Å²) in [4.78, 5) is 2.40. The van der Waals surface area contributed by atoms with Gasteiger partial charge in [-0.25, -0.2) is 0 Å². The van der Waals surface area contributed by atoms with Crippen LogP contribution in [0, 0.1) is 17.8 Å². The molecule has 2 fully saturated rings. The fourth-order valence-corrected chi connectivity index (χ4v) is 5.08. The van der Waals surface area contributed by atoms with Crippen molar-refractivity contribution in [3.8, 4) is 0 Å². The molecule has 1 aromatic carbocycles. The van der Waals surface area contributed by atoms with Gasteiger partial charge in [0.05, 0.1) is 0 Å². The van der Waals surface area contributed by atoms with Crippen molar-refractivity contribution in [1.29, 1.82) is 0 Å². The molecule has 2 bridgehead atoms. The highest BCUT2D eigenvalue weighted by Gasteiger charge is 2.50. The van der Waals surface area contributed by atoms with E-state index in [-0.39, 0.29) is 0 Å². The molecule has 2 unspecified atom stereocenters. The highest BCUT2D eigenvalue weighted by molar-refractivity contribution is 7.80. The molecule has 3 rings (SSSR count). The van der Waals surface area contributed by atoms with Gasteiger partial charge < -0.3 is 10.2 Å². The maximum atomic E-state index is 6.21. The van der Waals surface area contributed by atoms with E-state index < -0.39 is 0 Å². The first-order chi connectivity index (χ1) is 10.2. The monoisotopic (exact) mass is 336 g/mol. The molecule has 1 aliphatic heterocycles. The molecular formula is C18H25ClN2S. The van der Waals surface area contributed by atoms with E-state index in [2.05, 4.69) is 31.0 Å². The van der Waals surface area contributed by atoms with Gasteiger partial charge in [-0.05, 0) is 66.9 Å². The second kappa shape index (κ2) is 5.38. The Morgan fingerprint density at radius 2 is 2.05 bits per heavy atom. The second-order valence-electron chi connectivity index (χ2n) is 8.24. The van der Waals surface area contributed by atoms with Crippen LogP contribution in [0.2, 0.25) is 5.02 Å². The zero-order chi connectivity index (χ0) is 16.1. The number of nitrogens with zero attached hydrogens (tertiary/aromatic N) is 1. The first-order valence-corrected chi connectivity index (χ1v) is 8.80. The summed E-state index contributed by atoms with van der Waals surface area (Å²) in [6.45, 7) is 10.3. The molecule has 4 heteroatoms. The largest absolute Gasteiger partial charge is 0.345 e. The molecule has 2 atom stereocenters. The number of hydrogen-bond acceptors (Lipinski definition) is 1. The van der Waals surface area contributed by atoms with Gasteiger partial charge in [-0.1, -0.05) is 38.4 Å². The van der Waals surface area contributed by atoms with Crippen LogP contribution >= 0.6 is 23.8 Å². The van der Waals surface area contributed by atoms with Crippen molar-refractivity contribution in [1.82, 2.24) is 4.90 Å². The Labute approximate surface area is 144 Å². The SMILES string of the molecule is Cc1ccc(NC(=S)N2CC3(C)CC2CC(C)(C)C3)cc1Cl. The van der Waals surface area contributed by atoms with E-state index >= 15 is 0 Å². The summed E-state index contributed by atoms with van der Waals surface area (Å²) in [5, 5.41) is 5.00. The van der Waals surface area contributed by atoms with Gasteiger partial charge in [0.2, 0.25) is 0 Å². The minimum absolute atomic E-state index is 0.392. The van der Waals surface area contributed by atoms with Gasteiger partial charge >= 0.3 is 0 Å². The van der Waals surface area contributed by atoms with E-state index in [1.807, 2.05) is 25.1 Å². The van der Waals surface area contributed by atoms with E-state index in [1.165, 1.54) is 19.3 Å². The number of likely N-dealkylation sites (tertiary alicyclic amines) is 1. The standard InChI is InChI=1S/C18H25ClN2S/c1-12-5-6-13(7-15(12)19)20-16(22)21-11-18(4)9-14(21)8-17(2,3)10-18/h5-7,14H,8-11H2,1-4H3,(H,20,22). The number of thiocarbonyl (C=S) groups is 1. The Morgan fingerprint density at radius 1 is 1.32 bits per heavy atom. The third-order valence-electron chi connectivity index (χ3n) is 5.10. The minimum atomic E-state index is 0.392. The summed E-state index contributed by atoms with van der Waals surface area (Å²) in [5.41, 5.74) is 2.87. The first-order valence-electron chi connectivity index (χ1n) is 8.01. The molecule has 1 aliphatic carbocycles.